The van der Waals surface area contributed by atoms with Crippen molar-refractivity contribution in [3.8, 4) is 0 Å². The highest BCUT2D eigenvalue weighted by atomic mass is 16.5. The maximum atomic E-state index is 12.0. The highest BCUT2D eigenvalue weighted by Gasteiger charge is 2.34. The van der Waals surface area contributed by atoms with Crippen LogP contribution in [0.4, 0.5) is 0 Å². The molecule has 108 valence electrons. The van der Waals surface area contributed by atoms with Gasteiger partial charge in [-0.3, -0.25) is 10.1 Å². The molecular formula is C14H30N2O2. The Morgan fingerprint density at radius 1 is 1.33 bits per heavy atom. The van der Waals surface area contributed by atoms with Gasteiger partial charge in [0.1, 0.15) is 5.54 Å². The smallest absolute Gasteiger partial charge is 0.326 e. The van der Waals surface area contributed by atoms with Gasteiger partial charge in [-0.1, -0.05) is 0 Å². The molecule has 18 heavy (non-hydrogen) atoms. The summed E-state index contributed by atoms with van der Waals surface area (Å²) < 4.78 is 5.17. The highest BCUT2D eigenvalue weighted by molar-refractivity contribution is 5.80. The molecule has 0 aromatic heterocycles. The summed E-state index contributed by atoms with van der Waals surface area (Å²) in [6.45, 7) is 9.39. The standard InChI is InChI=1S/C14H30N2O2/c1-7-18-13(17)14(4,15-12(2)3)10-8-9-11-16(5)6/h12,15H,7-11H2,1-6H3. The fraction of sp³-hybridized carbons (Fsp3) is 0.929. The number of rotatable bonds is 9. The lowest BCUT2D eigenvalue weighted by Gasteiger charge is -2.30. The Balaban J connectivity index is 4.33. The van der Waals surface area contributed by atoms with Crippen LogP contribution in [0.1, 0.15) is 47.0 Å². The summed E-state index contributed by atoms with van der Waals surface area (Å²) in [5.41, 5.74) is -0.559. The summed E-state index contributed by atoms with van der Waals surface area (Å²) >= 11 is 0. The van der Waals surface area contributed by atoms with Crippen LogP contribution in [0.15, 0.2) is 0 Å². The first kappa shape index (κ1) is 17.4. The first-order valence-corrected chi connectivity index (χ1v) is 6.91. The molecule has 0 aromatic rings. The van der Waals surface area contributed by atoms with Gasteiger partial charge in [0.2, 0.25) is 0 Å². The van der Waals surface area contributed by atoms with Gasteiger partial charge in [0.05, 0.1) is 6.61 Å². The lowest BCUT2D eigenvalue weighted by Crippen LogP contribution is -2.53. The summed E-state index contributed by atoms with van der Waals surface area (Å²) in [7, 11) is 4.13. The highest BCUT2D eigenvalue weighted by Crippen LogP contribution is 2.17. The van der Waals surface area contributed by atoms with Gasteiger partial charge >= 0.3 is 5.97 Å². The summed E-state index contributed by atoms with van der Waals surface area (Å²) in [5, 5.41) is 3.34. The van der Waals surface area contributed by atoms with E-state index >= 15 is 0 Å². The van der Waals surface area contributed by atoms with Crippen molar-refractivity contribution in [1.29, 1.82) is 0 Å². The van der Waals surface area contributed by atoms with Crippen LogP contribution in [0.5, 0.6) is 0 Å². The molecule has 0 saturated heterocycles. The van der Waals surface area contributed by atoms with Crippen molar-refractivity contribution in [3.05, 3.63) is 0 Å². The summed E-state index contributed by atoms with van der Waals surface area (Å²) in [6, 6.07) is 0.272. The van der Waals surface area contributed by atoms with Crippen molar-refractivity contribution in [2.45, 2.75) is 58.5 Å². The molecule has 0 rings (SSSR count). The van der Waals surface area contributed by atoms with Crippen molar-refractivity contribution in [1.82, 2.24) is 10.2 Å². The number of nitrogens with one attached hydrogen (secondary N) is 1. The van der Waals surface area contributed by atoms with Gasteiger partial charge in [-0.15, -0.1) is 0 Å². The van der Waals surface area contributed by atoms with Crippen LogP contribution in [0, 0.1) is 0 Å². The second-order valence-electron chi connectivity index (χ2n) is 5.61. The van der Waals surface area contributed by atoms with Crippen LogP contribution < -0.4 is 5.32 Å². The molecule has 1 N–H and O–H groups in total. The van der Waals surface area contributed by atoms with E-state index in [0.717, 1.165) is 25.8 Å². The third-order valence-corrected chi connectivity index (χ3v) is 2.87. The fourth-order valence-electron chi connectivity index (χ4n) is 2.07. The number of unbranched alkanes of at least 4 members (excludes halogenated alkanes) is 1. The lowest BCUT2D eigenvalue weighted by atomic mass is 9.93. The number of esters is 1. The second kappa shape index (κ2) is 8.48. The normalized spacial score (nSPS) is 14.9. The molecule has 0 bridgehead atoms. The molecule has 0 aliphatic heterocycles. The quantitative estimate of drug-likeness (QED) is 0.507. The van der Waals surface area contributed by atoms with E-state index in [1.165, 1.54) is 0 Å². The zero-order valence-corrected chi connectivity index (χ0v) is 12.9. The Hall–Kier alpha value is -0.610. The molecule has 4 nitrogen and oxygen atoms in total. The average molecular weight is 258 g/mol. The number of carbonyl (C=O) groups excluding carboxylic acids is 1. The molecule has 4 heteroatoms. The Morgan fingerprint density at radius 3 is 2.39 bits per heavy atom. The zero-order chi connectivity index (χ0) is 14.2. The fourth-order valence-corrected chi connectivity index (χ4v) is 2.07. The first-order valence-electron chi connectivity index (χ1n) is 6.91. The Labute approximate surface area is 112 Å². The largest absolute Gasteiger partial charge is 0.465 e. The van der Waals surface area contributed by atoms with Crippen LogP contribution in [0.3, 0.4) is 0 Å². The Morgan fingerprint density at radius 2 is 1.94 bits per heavy atom. The van der Waals surface area contributed by atoms with Gasteiger partial charge in [0.25, 0.3) is 0 Å². The number of hydrogen-bond acceptors (Lipinski definition) is 4. The van der Waals surface area contributed by atoms with Gasteiger partial charge in [0, 0.05) is 6.04 Å². The maximum absolute atomic E-state index is 12.0. The molecule has 0 radical (unpaired) electrons. The Kier molecular flexibility index (Phi) is 8.20. The first-order chi connectivity index (χ1) is 8.31. The van der Waals surface area contributed by atoms with Crippen LogP contribution in [-0.4, -0.2) is 49.7 Å². The number of hydrogen-bond donors (Lipinski definition) is 1. The van der Waals surface area contributed by atoms with E-state index in [1.807, 2.05) is 13.8 Å². The minimum Gasteiger partial charge on any atom is -0.465 e. The molecule has 0 aliphatic rings. The molecule has 0 amide bonds. The summed E-state index contributed by atoms with van der Waals surface area (Å²) in [6.07, 6.45) is 2.94. The zero-order valence-electron chi connectivity index (χ0n) is 12.9. The topological polar surface area (TPSA) is 41.6 Å². The van der Waals surface area contributed by atoms with Crippen LogP contribution in [-0.2, 0) is 9.53 Å². The number of ether oxygens (including phenoxy) is 1. The average Bonchev–Trinajstić information content (AvgIpc) is 2.23. The van der Waals surface area contributed by atoms with Crippen molar-refractivity contribution < 1.29 is 9.53 Å². The SMILES string of the molecule is CCOC(=O)C(C)(CCCCN(C)C)NC(C)C. The number of nitrogens with zero attached hydrogens (tertiary/aromatic N) is 1. The van der Waals surface area contributed by atoms with E-state index in [2.05, 4.69) is 38.2 Å². The van der Waals surface area contributed by atoms with Crippen molar-refractivity contribution in [3.63, 3.8) is 0 Å². The minimum atomic E-state index is -0.559. The third kappa shape index (κ3) is 6.97. The van der Waals surface area contributed by atoms with Gasteiger partial charge in [0.15, 0.2) is 0 Å². The maximum Gasteiger partial charge on any atom is 0.326 e. The molecule has 0 fully saturated rings. The van der Waals surface area contributed by atoms with E-state index in [1.54, 1.807) is 0 Å². The van der Waals surface area contributed by atoms with Crippen LogP contribution in [0.25, 0.3) is 0 Å². The van der Waals surface area contributed by atoms with Gasteiger partial charge in [-0.2, -0.15) is 0 Å². The van der Waals surface area contributed by atoms with Crippen molar-refractivity contribution in [2.75, 3.05) is 27.2 Å². The van der Waals surface area contributed by atoms with Crippen LogP contribution in [0.2, 0.25) is 0 Å². The van der Waals surface area contributed by atoms with Gasteiger partial charge in [-0.25, -0.2) is 0 Å². The minimum absolute atomic E-state index is 0.136. The Bertz CT molecular complexity index is 242. The summed E-state index contributed by atoms with van der Waals surface area (Å²) in [5.74, 6) is -0.136. The molecule has 1 unspecified atom stereocenters. The van der Waals surface area contributed by atoms with E-state index in [0.29, 0.717) is 6.61 Å². The monoisotopic (exact) mass is 258 g/mol. The molecule has 0 saturated carbocycles. The van der Waals surface area contributed by atoms with E-state index in [9.17, 15) is 4.79 Å². The van der Waals surface area contributed by atoms with E-state index < -0.39 is 5.54 Å². The predicted octanol–water partition coefficient (Wildman–Crippen LogP) is 2.04. The van der Waals surface area contributed by atoms with E-state index in [-0.39, 0.29) is 12.0 Å². The molecule has 0 aromatic carbocycles. The molecule has 0 aliphatic carbocycles. The van der Waals surface area contributed by atoms with Crippen molar-refractivity contribution in [2.24, 2.45) is 0 Å². The molecular weight excluding hydrogens is 228 g/mol. The lowest BCUT2D eigenvalue weighted by molar-refractivity contribution is -0.151. The molecule has 0 heterocycles. The second-order valence-corrected chi connectivity index (χ2v) is 5.61. The molecule has 0 spiro atoms. The molecule has 1 atom stereocenters. The van der Waals surface area contributed by atoms with Gasteiger partial charge in [-0.05, 0) is 67.6 Å². The van der Waals surface area contributed by atoms with Crippen molar-refractivity contribution >= 4 is 5.97 Å². The predicted molar refractivity (Wildman–Crippen MR) is 75.7 cm³/mol. The van der Waals surface area contributed by atoms with Gasteiger partial charge < -0.3 is 9.64 Å². The third-order valence-electron chi connectivity index (χ3n) is 2.87. The summed E-state index contributed by atoms with van der Waals surface area (Å²) in [4.78, 5) is 14.2. The number of carbonyl (C=O) groups is 1. The van der Waals surface area contributed by atoms with Crippen LogP contribution >= 0.6 is 0 Å². The van der Waals surface area contributed by atoms with E-state index in [4.69, 9.17) is 4.74 Å².